The summed E-state index contributed by atoms with van der Waals surface area (Å²) in [4.78, 5) is 18.1. The molecule has 0 saturated heterocycles. The maximum Gasteiger partial charge on any atom is 0.329 e. The van der Waals surface area contributed by atoms with Gasteiger partial charge in [0.25, 0.3) is 0 Å². The second-order valence-corrected chi connectivity index (χ2v) is 5.33. The summed E-state index contributed by atoms with van der Waals surface area (Å²) in [6.07, 6.45) is 4.25. The number of aromatic nitrogens is 2. The highest BCUT2D eigenvalue weighted by Crippen LogP contribution is 2.32. The standard InChI is InChI=1S/C12H19N5O2/c1-7-3-4-9(5-8(7)2)15-11-10(17(18)19)6-14-12(13)16-11/h6-9H,3-5H2,1-2H3,(H3,13,14,15,16). The molecule has 1 fully saturated rings. The van der Waals surface area contributed by atoms with Gasteiger partial charge in [-0.1, -0.05) is 13.8 Å². The molecule has 2 rings (SSSR count). The topological polar surface area (TPSA) is 107 Å². The summed E-state index contributed by atoms with van der Waals surface area (Å²) in [5.41, 5.74) is 5.37. The van der Waals surface area contributed by atoms with E-state index in [1.165, 1.54) is 0 Å². The Bertz CT molecular complexity index is 479. The summed E-state index contributed by atoms with van der Waals surface area (Å²) in [6, 6.07) is 0.208. The first-order valence-corrected chi connectivity index (χ1v) is 6.50. The second kappa shape index (κ2) is 5.38. The number of nitrogens with zero attached hydrogens (tertiary/aromatic N) is 3. The van der Waals surface area contributed by atoms with E-state index in [4.69, 9.17) is 5.73 Å². The average molecular weight is 265 g/mol. The highest BCUT2D eigenvalue weighted by atomic mass is 16.6. The minimum Gasteiger partial charge on any atom is -0.368 e. The quantitative estimate of drug-likeness (QED) is 0.641. The largest absolute Gasteiger partial charge is 0.368 e. The van der Waals surface area contributed by atoms with E-state index in [0.29, 0.717) is 11.8 Å². The third kappa shape index (κ3) is 3.10. The Morgan fingerprint density at radius 1 is 1.42 bits per heavy atom. The van der Waals surface area contributed by atoms with Gasteiger partial charge in [0, 0.05) is 6.04 Å². The Morgan fingerprint density at radius 2 is 2.16 bits per heavy atom. The van der Waals surface area contributed by atoms with Gasteiger partial charge >= 0.3 is 5.69 Å². The minimum atomic E-state index is -0.489. The number of nitrogens with one attached hydrogen (secondary N) is 1. The van der Waals surface area contributed by atoms with Gasteiger partial charge in [-0.3, -0.25) is 10.1 Å². The lowest BCUT2D eigenvalue weighted by molar-refractivity contribution is -0.384. The molecule has 0 amide bonds. The lowest BCUT2D eigenvalue weighted by atomic mass is 9.79. The molecule has 1 aliphatic carbocycles. The molecule has 1 aromatic rings. The van der Waals surface area contributed by atoms with E-state index in [0.717, 1.165) is 25.5 Å². The van der Waals surface area contributed by atoms with E-state index in [9.17, 15) is 10.1 Å². The van der Waals surface area contributed by atoms with Gasteiger partial charge in [-0.05, 0) is 31.1 Å². The lowest BCUT2D eigenvalue weighted by Crippen LogP contribution is -2.31. The number of rotatable bonds is 3. The van der Waals surface area contributed by atoms with E-state index in [1.54, 1.807) is 0 Å². The molecule has 19 heavy (non-hydrogen) atoms. The van der Waals surface area contributed by atoms with Crippen LogP contribution in [-0.4, -0.2) is 20.9 Å². The third-order valence-electron chi connectivity index (χ3n) is 3.92. The van der Waals surface area contributed by atoms with Crippen LogP contribution in [-0.2, 0) is 0 Å². The van der Waals surface area contributed by atoms with E-state index in [2.05, 4.69) is 29.1 Å². The fraction of sp³-hybridized carbons (Fsp3) is 0.667. The van der Waals surface area contributed by atoms with Crippen molar-refractivity contribution >= 4 is 17.5 Å². The molecule has 1 saturated carbocycles. The number of hydrogen-bond donors (Lipinski definition) is 2. The van der Waals surface area contributed by atoms with Crippen LogP contribution in [0.25, 0.3) is 0 Å². The second-order valence-electron chi connectivity index (χ2n) is 5.33. The zero-order chi connectivity index (χ0) is 14.0. The first-order chi connectivity index (χ1) is 8.97. The van der Waals surface area contributed by atoms with Gasteiger partial charge in [-0.15, -0.1) is 0 Å². The van der Waals surface area contributed by atoms with Crippen LogP contribution in [0.1, 0.15) is 33.1 Å². The summed E-state index contributed by atoms with van der Waals surface area (Å²) >= 11 is 0. The Labute approximate surface area is 111 Å². The molecule has 3 atom stereocenters. The predicted molar refractivity (Wildman–Crippen MR) is 72.7 cm³/mol. The van der Waals surface area contributed by atoms with Gasteiger partial charge in [0.1, 0.15) is 6.20 Å². The number of nitro groups is 1. The molecular weight excluding hydrogens is 246 g/mol. The Kier molecular flexibility index (Phi) is 3.82. The minimum absolute atomic E-state index is 0.0466. The van der Waals surface area contributed by atoms with E-state index < -0.39 is 4.92 Å². The first-order valence-electron chi connectivity index (χ1n) is 6.50. The van der Waals surface area contributed by atoms with Crippen LogP contribution in [0.4, 0.5) is 17.5 Å². The van der Waals surface area contributed by atoms with Crippen LogP contribution in [0, 0.1) is 22.0 Å². The summed E-state index contributed by atoms with van der Waals surface area (Å²) in [6.45, 7) is 4.45. The van der Waals surface area contributed by atoms with Gasteiger partial charge in [0.2, 0.25) is 11.8 Å². The molecule has 0 spiro atoms. The van der Waals surface area contributed by atoms with Crippen LogP contribution in [0.2, 0.25) is 0 Å². The molecule has 0 aromatic carbocycles. The molecule has 1 aromatic heterocycles. The third-order valence-corrected chi connectivity index (χ3v) is 3.92. The highest BCUT2D eigenvalue weighted by molar-refractivity contribution is 5.56. The van der Waals surface area contributed by atoms with Crippen molar-refractivity contribution in [3.8, 4) is 0 Å². The van der Waals surface area contributed by atoms with E-state index >= 15 is 0 Å². The predicted octanol–water partition coefficient (Wildman–Crippen LogP) is 2.20. The average Bonchev–Trinajstić information content (AvgIpc) is 2.33. The molecule has 0 bridgehead atoms. The molecule has 1 heterocycles. The zero-order valence-corrected chi connectivity index (χ0v) is 11.2. The molecule has 3 unspecified atom stereocenters. The van der Waals surface area contributed by atoms with Crippen molar-refractivity contribution in [1.82, 2.24) is 9.97 Å². The van der Waals surface area contributed by atoms with Crippen molar-refractivity contribution in [2.45, 2.75) is 39.2 Å². The maximum atomic E-state index is 10.9. The first kappa shape index (κ1) is 13.5. The molecule has 0 radical (unpaired) electrons. The number of anilines is 2. The molecular formula is C12H19N5O2. The highest BCUT2D eigenvalue weighted by Gasteiger charge is 2.27. The Balaban J connectivity index is 2.14. The Morgan fingerprint density at radius 3 is 2.79 bits per heavy atom. The lowest BCUT2D eigenvalue weighted by Gasteiger charge is -2.32. The van der Waals surface area contributed by atoms with Gasteiger partial charge in [-0.2, -0.15) is 4.98 Å². The number of nitrogen functional groups attached to an aromatic ring is 1. The van der Waals surface area contributed by atoms with Crippen LogP contribution >= 0.6 is 0 Å². The maximum absolute atomic E-state index is 10.9. The number of hydrogen-bond acceptors (Lipinski definition) is 6. The van der Waals surface area contributed by atoms with Crippen LogP contribution < -0.4 is 11.1 Å². The normalized spacial score (nSPS) is 26.9. The fourth-order valence-electron chi connectivity index (χ4n) is 2.50. The fourth-order valence-corrected chi connectivity index (χ4v) is 2.50. The van der Waals surface area contributed by atoms with Crippen molar-refractivity contribution < 1.29 is 4.92 Å². The molecule has 1 aliphatic rings. The van der Waals surface area contributed by atoms with Crippen molar-refractivity contribution in [2.75, 3.05) is 11.1 Å². The summed E-state index contributed by atoms with van der Waals surface area (Å²) in [5.74, 6) is 1.57. The summed E-state index contributed by atoms with van der Waals surface area (Å²) in [7, 11) is 0. The van der Waals surface area contributed by atoms with Crippen LogP contribution in [0.15, 0.2) is 6.20 Å². The molecule has 7 heteroatoms. The SMILES string of the molecule is CC1CCC(Nc2nc(N)ncc2[N+](=O)[O-])CC1C. The van der Waals surface area contributed by atoms with Crippen molar-refractivity contribution in [3.05, 3.63) is 16.3 Å². The van der Waals surface area contributed by atoms with Crippen LogP contribution in [0.5, 0.6) is 0 Å². The van der Waals surface area contributed by atoms with Gasteiger partial charge in [-0.25, -0.2) is 4.98 Å². The molecule has 3 N–H and O–H groups in total. The van der Waals surface area contributed by atoms with Crippen molar-refractivity contribution in [2.24, 2.45) is 11.8 Å². The van der Waals surface area contributed by atoms with Crippen molar-refractivity contribution in [3.63, 3.8) is 0 Å². The van der Waals surface area contributed by atoms with Crippen LogP contribution in [0.3, 0.4) is 0 Å². The van der Waals surface area contributed by atoms with E-state index in [1.807, 2.05) is 0 Å². The van der Waals surface area contributed by atoms with Gasteiger partial charge in [0.15, 0.2) is 0 Å². The summed E-state index contributed by atoms with van der Waals surface area (Å²) in [5, 5.41) is 14.1. The molecule has 0 aliphatic heterocycles. The molecule has 7 nitrogen and oxygen atoms in total. The van der Waals surface area contributed by atoms with Crippen molar-refractivity contribution in [1.29, 1.82) is 0 Å². The van der Waals surface area contributed by atoms with Gasteiger partial charge in [0.05, 0.1) is 4.92 Å². The smallest absolute Gasteiger partial charge is 0.329 e. The summed E-state index contributed by atoms with van der Waals surface area (Å²) < 4.78 is 0. The molecule has 104 valence electrons. The van der Waals surface area contributed by atoms with Gasteiger partial charge < -0.3 is 11.1 Å². The number of nitrogens with two attached hydrogens (primary N) is 1. The monoisotopic (exact) mass is 265 g/mol. The zero-order valence-electron chi connectivity index (χ0n) is 11.2. The van der Waals surface area contributed by atoms with E-state index in [-0.39, 0.29) is 23.5 Å². The Hall–Kier alpha value is -1.92.